The number of carbonyl (C=O) groups is 2. The number of anilines is 1. The number of nitrogens with one attached hydrogen (secondary N) is 1. The summed E-state index contributed by atoms with van der Waals surface area (Å²) in [4.78, 5) is 23.6. The van der Waals surface area contributed by atoms with Crippen molar-refractivity contribution in [3.63, 3.8) is 0 Å². The van der Waals surface area contributed by atoms with E-state index in [2.05, 4.69) is 9.69 Å². The molecule has 6 heteroatoms. The summed E-state index contributed by atoms with van der Waals surface area (Å²) in [7, 11) is 0. The Hall–Kier alpha value is -2.21. The third-order valence-electron chi connectivity index (χ3n) is 3.09. The minimum absolute atomic E-state index is 0.0750. The van der Waals surface area contributed by atoms with Gasteiger partial charge in [0.25, 0.3) is 0 Å². The van der Waals surface area contributed by atoms with Gasteiger partial charge in [0.1, 0.15) is 0 Å². The number of aromatic carboxylic acids is 1. The summed E-state index contributed by atoms with van der Waals surface area (Å²) >= 11 is 1.14. The molecule has 0 radical (unpaired) electrons. The fraction of sp³-hybridized carbons (Fsp3) is 0.154. The second kappa shape index (κ2) is 4.47. The van der Waals surface area contributed by atoms with Gasteiger partial charge in [-0.25, -0.2) is 4.79 Å². The van der Waals surface area contributed by atoms with Crippen LogP contribution in [0.25, 0.3) is 0 Å². The Kier molecular flexibility index (Phi) is 2.79. The molecule has 0 spiro atoms. The SMILES string of the molecule is O=C1C[C@H](c2ccccc2)c2snc(C(=O)O)c2N1. The van der Waals surface area contributed by atoms with E-state index in [1.807, 2.05) is 30.3 Å². The molecule has 19 heavy (non-hydrogen) atoms. The number of carboxylic acids is 1. The Balaban J connectivity index is 2.11. The lowest BCUT2D eigenvalue weighted by Gasteiger charge is -2.22. The van der Waals surface area contributed by atoms with Gasteiger partial charge in [0.05, 0.1) is 10.6 Å². The maximum Gasteiger partial charge on any atom is 0.357 e. The first kappa shape index (κ1) is 11.9. The van der Waals surface area contributed by atoms with Crippen molar-refractivity contribution < 1.29 is 14.7 Å². The van der Waals surface area contributed by atoms with Crippen molar-refractivity contribution in [2.75, 3.05) is 5.32 Å². The fourth-order valence-electron chi connectivity index (χ4n) is 2.23. The van der Waals surface area contributed by atoms with Crippen molar-refractivity contribution in [2.24, 2.45) is 0 Å². The third kappa shape index (κ3) is 2.00. The number of carboxylic acid groups (broad SMARTS) is 1. The van der Waals surface area contributed by atoms with E-state index in [0.29, 0.717) is 12.1 Å². The number of nitrogens with zero attached hydrogens (tertiary/aromatic N) is 1. The molecule has 96 valence electrons. The number of aromatic nitrogens is 1. The van der Waals surface area contributed by atoms with Gasteiger partial charge in [-0.2, -0.15) is 4.37 Å². The van der Waals surface area contributed by atoms with E-state index in [0.717, 1.165) is 22.0 Å². The topological polar surface area (TPSA) is 79.3 Å². The maximum absolute atomic E-state index is 11.8. The van der Waals surface area contributed by atoms with Crippen LogP contribution in [0.3, 0.4) is 0 Å². The van der Waals surface area contributed by atoms with Gasteiger partial charge in [0.15, 0.2) is 5.69 Å². The molecular weight excluding hydrogens is 264 g/mol. The van der Waals surface area contributed by atoms with Crippen LogP contribution in [0, 0.1) is 0 Å². The van der Waals surface area contributed by atoms with Crippen molar-refractivity contribution in [3.05, 3.63) is 46.5 Å². The van der Waals surface area contributed by atoms with Crippen LogP contribution in [0.1, 0.15) is 33.3 Å². The average molecular weight is 274 g/mol. The Labute approximate surface area is 113 Å². The molecule has 1 aliphatic rings. The molecule has 5 nitrogen and oxygen atoms in total. The van der Waals surface area contributed by atoms with Crippen molar-refractivity contribution in [2.45, 2.75) is 12.3 Å². The normalized spacial score (nSPS) is 17.7. The first-order valence-electron chi connectivity index (χ1n) is 5.74. The summed E-state index contributed by atoms with van der Waals surface area (Å²) in [5.74, 6) is -1.41. The molecular formula is C13H10N2O3S. The average Bonchev–Trinajstić information content (AvgIpc) is 2.82. The predicted octanol–water partition coefficient (Wildman–Crippen LogP) is 2.32. The Bertz CT molecular complexity index is 651. The Morgan fingerprint density at radius 2 is 2.11 bits per heavy atom. The number of fused-ring (bicyclic) bond motifs is 1. The molecule has 1 amide bonds. The molecule has 3 rings (SSSR count). The molecule has 0 fully saturated rings. The minimum Gasteiger partial charge on any atom is -0.476 e. The van der Waals surface area contributed by atoms with Crippen LogP contribution in [-0.4, -0.2) is 21.4 Å². The van der Waals surface area contributed by atoms with Crippen molar-refractivity contribution in [1.29, 1.82) is 0 Å². The molecule has 1 aromatic carbocycles. The number of hydrogen-bond acceptors (Lipinski definition) is 4. The van der Waals surface area contributed by atoms with Crippen LogP contribution in [-0.2, 0) is 4.79 Å². The van der Waals surface area contributed by atoms with Crippen molar-refractivity contribution >= 4 is 29.1 Å². The zero-order valence-corrected chi connectivity index (χ0v) is 10.6. The van der Waals surface area contributed by atoms with E-state index in [4.69, 9.17) is 5.11 Å². The largest absolute Gasteiger partial charge is 0.476 e. The van der Waals surface area contributed by atoms with Gasteiger partial charge in [0.2, 0.25) is 5.91 Å². The van der Waals surface area contributed by atoms with Crippen LogP contribution >= 0.6 is 11.5 Å². The summed E-state index contributed by atoms with van der Waals surface area (Å²) in [5.41, 5.74) is 1.27. The second-order valence-corrected chi connectivity index (χ2v) is 5.10. The van der Waals surface area contributed by atoms with Crippen LogP contribution in [0.5, 0.6) is 0 Å². The van der Waals surface area contributed by atoms with Crippen LogP contribution < -0.4 is 5.32 Å². The lowest BCUT2D eigenvalue weighted by Crippen LogP contribution is -2.23. The maximum atomic E-state index is 11.8. The molecule has 0 saturated carbocycles. The fourth-order valence-corrected chi connectivity index (χ4v) is 3.18. The summed E-state index contributed by atoms with van der Waals surface area (Å²) in [6, 6.07) is 9.59. The lowest BCUT2D eigenvalue weighted by atomic mass is 9.90. The van der Waals surface area contributed by atoms with E-state index >= 15 is 0 Å². The number of carbonyl (C=O) groups excluding carboxylic acids is 1. The highest BCUT2D eigenvalue weighted by Crippen LogP contribution is 2.41. The number of amides is 1. The highest BCUT2D eigenvalue weighted by atomic mass is 32.1. The molecule has 2 heterocycles. The van der Waals surface area contributed by atoms with Gasteiger partial charge in [-0.1, -0.05) is 30.3 Å². The second-order valence-electron chi connectivity index (χ2n) is 4.29. The van der Waals surface area contributed by atoms with E-state index in [-0.39, 0.29) is 17.5 Å². The summed E-state index contributed by atoms with van der Waals surface area (Å²) in [6.07, 6.45) is 0.318. The quantitative estimate of drug-likeness (QED) is 0.880. The van der Waals surface area contributed by atoms with E-state index < -0.39 is 5.97 Å². The number of hydrogen-bond donors (Lipinski definition) is 2. The molecule has 0 unspecified atom stereocenters. The monoisotopic (exact) mass is 274 g/mol. The molecule has 0 aliphatic carbocycles. The highest BCUT2D eigenvalue weighted by Gasteiger charge is 2.32. The predicted molar refractivity (Wildman–Crippen MR) is 70.6 cm³/mol. The number of benzene rings is 1. The zero-order valence-electron chi connectivity index (χ0n) is 9.79. The summed E-state index contributed by atoms with van der Waals surface area (Å²) < 4.78 is 3.93. The van der Waals surface area contributed by atoms with Gasteiger partial charge in [-0.15, -0.1) is 0 Å². The van der Waals surface area contributed by atoms with E-state index in [9.17, 15) is 9.59 Å². The summed E-state index contributed by atoms with van der Waals surface area (Å²) in [5, 5.41) is 11.7. The standard InChI is InChI=1S/C13H10N2O3S/c16-9-6-8(7-4-2-1-3-5-7)12-10(14-9)11(13(17)18)15-19-12/h1-5,8H,6H2,(H,14,16)(H,17,18)/t8-/m1/s1. The van der Waals surface area contributed by atoms with Gasteiger partial charge in [-0.3, -0.25) is 4.79 Å². The van der Waals surface area contributed by atoms with E-state index in [1.165, 1.54) is 0 Å². The molecule has 0 bridgehead atoms. The van der Waals surface area contributed by atoms with E-state index in [1.54, 1.807) is 0 Å². The third-order valence-corrected chi connectivity index (χ3v) is 4.05. The van der Waals surface area contributed by atoms with Crippen LogP contribution in [0.15, 0.2) is 30.3 Å². The Morgan fingerprint density at radius 3 is 2.79 bits per heavy atom. The lowest BCUT2D eigenvalue weighted by molar-refractivity contribution is -0.116. The zero-order chi connectivity index (χ0) is 13.4. The van der Waals surface area contributed by atoms with Crippen LogP contribution in [0.2, 0.25) is 0 Å². The first-order chi connectivity index (χ1) is 9.16. The number of rotatable bonds is 2. The van der Waals surface area contributed by atoms with Gasteiger partial charge in [-0.05, 0) is 17.1 Å². The summed E-state index contributed by atoms with van der Waals surface area (Å²) in [6.45, 7) is 0. The molecule has 0 saturated heterocycles. The molecule has 1 aromatic heterocycles. The van der Waals surface area contributed by atoms with Crippen molar-refractivity contribution in [3.8, 4) is 0 Å². The Morgan fingerprint density at radius 1 is 1.37 bits per heavy atom. The molecule has 1 atom stereocenters. The smallest absolute Gasteiger partial charge is 0.357 e. The van der Waals surface area contributed by atoms with Crippen molar-refractivity contribution in [1.82, 2.24) is 4.37 Å². The highest BCUT2D eigenvalue weighted by molar-refractivity contribution is 7.06. The van der Waals surface area contributed by atoms with Crippen LogP contribution in [0.4, 0.5) is 5.69 Å². The van der Waals surface area contributed by atoms with Gasteiger partial charge < -0.3 is 10.4 Å². The first-order valence-corrected chi connectivity index (χ1v) is 6.52. The van der Waals surface area contributed by atoms with Gasteiger partial charge in [0, 0.05) is 12.3 Å². The molecule has 1 aliphatic heterocycles. The van der Waals surface area contributed by atoms with Gasteiger partial charge >= 0.3 is 5.97 Å². The molecule has 2 aromatic rings. The minimum atomic E-state index is -1.12. The molecule has 2 N–H and O–H groups in total.